The van der Waals surface area contributed by atoms with E-state index in [1.165, 1.54) is 19.4 Å². The molecule has 0 bridgehead atoms. The average Bonchev–Trinajstić information content (AvgIpc) is 3.04. The van der Waals surface area contributed by atoms with E-state index in [1.54, 1.807) is 12.1 Å². The van der Waals surface area contributed by atoms with Gasteiger partial charge in [-0.3, -0.25) is 0 Å². The molecule has 4 heteroatoms. The fourth-order valence-electron chi connectivity index (χ4n) is 2.96. The van der Waals surface area contributed by atoms with Gasteiger partial charge in [0.15, 0.2) is 0 Å². The van der Waals surface area contributed by atoms with Crippen molar-refractivity contribution in [2.75, 3.05) is 13.1 Å². The summed E-state index contributed by atoms with van der Waals surface area (Å²) in [4.78, 5) is 7.14. The number of hydrogen-bond acceptors (Lipinski definition) is 4. The van der Waals surface area contributed by atoms with Crippen LogP contribution in [0.15, 0.2) is 28.7 Å². The maximum absolute atomic E-state index is 9.34. The van der Waals surface area contributed by atoms with Gasteiger partial charge in [0.1, 0.15) is 11.5 Å². The highest BCUT2D eigenvalue weighted by atomic mass is 16.4. The van der Waals surface area contributed by atoms with Gasteiger partial charge in [0.05, 0.1) is 5.69 Å². The molecule has 21 heavy (non-hydrogen) atoms. The number of nitrogens with zero attached hydrogens (tertiary/aromatic N) is 2. The second-order valence-electron chi connectivity index (χ2n) is 5.85. The third-order valence-corrected chi connectivity index (χ3v) is 4.33. The molecule has 2 aromatic rings. The molecule has 4 nitrogen and oxygen atoms in total. The van der Waals surface area contributed by atoms with Gasteiger partial charge in [-0.2, -0.15) is 0 Å². The Balaban J connectivity index is 1.70. The minimum Gasteiger partial charge on any atom is -0.508 e. The molecule has 1 aliphatic heterocycles. The van der Waals surface area contributed by atoms with Gasteiger partial charge >= 0.3 is 0 Å². The van der Waals surface area contributed by atoms with Crippen molar-refractivity contribution in [2.45, 2.75) is 39.2 Å². The average molecular weight is 286 g/mol. The van der Waals surface area contributed by atoms with Crippen LogP contribution in [0.25, 0.3) is 11.5 Å². The maximum Gasteiger partial charge on any atom is 0.226 e. The number of phenols is 1. The van der Waals surface area contributed by atoms with Gasteiger partial charge in [0.2, 0.25) is 5.89 Å². The largest absolute Gasteiger partial charge is 0.508 e. The van der Waals surface area contributed by atoms with E-state index in [1.807, 2.05) is 19.1 Å². The lowest BCUT2D eigenvalue weighted by atomic mass is 10.2. The first-order chi connectivity index (χ1) is 10.1. The number of hydrogen-bond donors (Lipinski definition) is 1. The molecular weight excluding hydrogens is 264 g/mol. The second kappa shape index (κ2) is 5.90. The Bertz CT molecular complexity index is 604. The lowest BCUT2D eigenvalue weighted by Gasteiger charge is -2.20. The molecule has 3 rings (SSSR count). The fraction of sp³-hybridized carbons (Fsp3) is 0.471. The van der Waals surface area contributed by atoms with E-state index in [0.29, 0.717) is 11.9 Å². The summed E-state index contributed by atoms with van der Waals surface area (Å²) in [5.74, 6) is 1.78. The first kappa shape index (κ1) is 14.1. The molecular formula is C17H22N2O2. The Morgan fingerprint density at radius 3 is 2.76 bits per heavy atom. The van der Waals surface area contributed by atoms with Crippen molar-refractivity contribution in [1.29, 1.82) is 0 Å². The van der Waals surface area contributed by atoms with Crippen molar-refractivity contribution < 1.29 is 9.52 Å². The molecule has 0 aliphatic carbocycles. The molecule has 1 aromatic heterocycles. The second-order valence-corrected chi connectivity index (χ2v) is 5.85. The van der Waals surface area contributed by atoms with Crippen molar-refractivity contribution in [3.05, 3.63) is 35.7 Å². The molecule has 1 fully saturated rings. The Morgan fingerprint density at radius 2 is 2.10 bits per heavy atom. The number of aryl methyl sites for hydroxylation is 1. The Morgan fingerprint density at radius 1 is 1.33 bits per heavy atom. The first-order valence-corrected chi connectivity index (χ1v) is 7.63. The highest BCUT2D eigenvalue weighted by molar-refractivity contribution is 5.54. The molecule has 0 amide bonds. The summed E-state index contributed by atoms with van der Waals surface area (Å²) in [6.45, 7) is 6.51. The Kier molecular flexibility index (Phi) is 3.97. The highest BCUT2D eigenvalue weighted by Gasteiger charge is 2.20. The molecule has 1 aliphatic rings. The van der Waals surface area contributed by atoms with E-state index in [9.17, 15) is 5.11 Å². The molecule has 1 N–H and O–H groups in total. The number of rotatable bonds is 4. The summed E-state index contributed by atoms with van der Waals surface area (Å²) in [6, 6.07) is 7.65. The molecule has 1 saturated heterocycles. The van der Waals surface area contributed by atoms with Crippen LogP contribution in [-0.2, 0) is 6.42 Å². The van der Waals surface area contributed by atoms with Crippen molar-refractivity contribution >= 4 is 0 Å². The van der Waals surface area contributed by atoms with Gasteiger partial charge in [0, 0.05) is 24.6 Å². The number of aromatic hydroxyl groups is 1. The van der Waals surface area contributed by atoms with Crippen molar-refractivity contribution in [1.82, 2.24) is 9.88 Å². The minimum absolute atomic E-state index is 0.255. The van der Waals surface area contributed by atoms with Gasteiger partial charge in [0.25, 0.3) is 0 Å². The van der Waals surface area contributed by atoms with Crippen molar-refractivity contribution in [3.63, 3.8) is 0 Å². The molecule has 2 heterocycles. The third-order valence-electron chi connectivity index (χ3n) is 4.33. The van der Waals surface area contributed by atoms with E-state index in [-0.39, 0.29) is 5.75 Å². The zero-order valence-corrected chi connectivity index (χ0v) is 12.7. The standard InChI is InChI=1S/C17H22N2O2/c1-12-4-3-10-19(12)11-9-16-13(2)21-17(18-16)14-5-7-15(20)8-6-14/h5-8,12,20H,3-4,9-11H2,1-2H3/t12-/m1/s1. The minimum atomic E-state index is 0.255. The summed E-state index contributed by atoms with van der Waals surface area (Å²) in [5.41, 5.74) is 1.94. The molecule has 0 radical (unpaired) electrons. The van der Waals surface area contributed by atoms with Crippen LogP contribution in [0.3, 0.4) is 0 Å². The third kappa shape index (κ3) is 3.10. The SMILES string of the molecule is Cc1oc(-c2ccc(O)cc2)nc1CCN1CCC[C@H]1C. The Hall–Kier alpha value is -1.81. The summed E-state index contributed by atoms with van der Waals surface area (Å²) in [6.07, 6.45) is 3.53. The molecule has 1 aromatic carbocycles. The first-order valence-electron chi connectivity index (χ1n) is 7.63. The van der Waals surface area contributed by atoms with Gasteiger partial charge in [-0.25, -0.2) is 4.98 Å². The van der Waals surface area contributed by atoms with Crippen LogP contribution >= 0.6 is 0 Å². The van der Waals surface area contributed by atoms with E-state index >= 15 is 0 Å². The van der Waals surface area contributed by atoms with E-state index in [4.69, 9.17) is 4.42 Å². The molecule has 1 atom stereocenters. The lowest BCUT2D eigenvalue weighted by Crippen LogP contribution is -2.29. The molecule has 112 valence electrons. The fourth-order valence-corrected chi connectivity index (χ4v) is 2.96. The number of benzene rings is 1. The number of likely N-dealkylation sites (tertiary alicyclic amines) is 1. The summed E-state index contributed by atoms with van der Waals surface area (Å²) < 4.78 is 5.77. The summed E-state index contributed by atoms with van der Waals surface area (Å²) in [7, 11) is 0. The zero-order valence-electron chi connectivity index (χ0n) is 12.7. The summed E-state index contributed by atoms with van der Waals surface area (Å²) >= 11 is 0. The van der Waals surface area contributed by atoms with E-state index in [0.717, 1.165) is 30.0 Å². The van der Waals surface area contributed by atoms with Crippen LogP contribution in [0.4, 0.5) is 0 Å². The molecule has 0 saturated carbocycles. The number of oxazole rings is 1. The zero-order chi connectivity index (χ0) is 14.8. The van der Waals surface area contributed by atoms with Crippen LogP contribution in [0.5, 0.6) is 5.75 Å². The van der Waals surface area contributed by atoms with Gasteiger partial charge in [-0.05, 0) is 57.5 Å². The van der Waals surface area contributed by atoms with Crippen LogP contribution in [-0.4, -0.2) is 34.1 Å². The Labute approximate surface area is 125 Å². The topological polar surface area (TPSA) is 49.5 Å². The van der Waals surface area contributed by atoms with Gasteiger partial charge in [-0.15, -0.1) is 0 Å². The number of phenolic OH excluding ortho intramolecular Hbond substituents is 1. The normalized spacial score (nSPS) is 19.2. The van der Waals surface area contributed by atoms with Crippen LogP contribution in [0, 0.1) is 6.92 Å². The highest BCUT2D eigenvalue weighted by Crippen LogP contribution is 2.24. The van der Waals surface area contributed by atoms with Crippen molar-refractivity contribution in [3.8, 4) is 17.2 Å². The van der Waals surface area contributed by atoms with Crippen molar-refractivity contribution in [2.24, 2.45) is 0 Å². The molecule has 0 spiro atoms. The van der Waals surface area contributed by atoms with E-state index in [2.05, 4.69) is 16.8 Å². The number of aromatic nitrogens is 1. The summed E-state index contributed by atoms with van der Waals surface area (Å²) in [5, 5.41) is 9.34. The predicted octanol–water partition coefficient (Wildman–Crippen LogP) is 3.38. The van der Waals surface area contributed by atoms with Crippen LogP contribution in [0.1, 0.15) is 31.2 Å². The van der Waals surface area contributed by atoms with Gasteiger partial charge < -0.3 is 14.4 Å². The van der Waals surface area contributed by atoms with E-state index < -0.39 is 0 Å². The van der Waals surface area contributed by atoms with Crippen LogP contribution < -0.4 is 0 Å². The smallest absolute Gasteiger partial charge is 0.226 e. The predicted molar refractivity (Wildman–Crippen MR) is 82.3 cm³/mol. The van der Waals surface area contributed by atoms with Gasteiger partial charge in [-0.1, -0.05) is 0 Å². The van der Waals surface area contributed by atoms with Crippen LogP contribution in [0.2, 0.25) is 0 Å². The lowest BCUT2D eigenvalue weighted by molar-refractivity contribution is 0.271. The quantitative estimate of drug-likeness (QED) is 0.936. The monoisotopic (exact) mass is 286 g/mol. The molecule has 0 unspecified atom stereocenters. The maximum atomic E-state index is 9.34.